The van der Waals surface area contributed by atoms with E-state index in [-0.39, 0.29) is 0 Å². The van der Waals surface area contributed by atoms with Gasteiger partial charge in [0, 0.05) is 37.4 Å². The van der Waals surface area contributed by atoms with Crippen molar-refractivity contribution < 1.29 is 0 Å². The van der Waals surface area contributed by atoms with E-state index in [9.17, 15) is 0 Å². The van der Waals surface area contributed by atoms with Crippen molar-refractivity contribution in [2.75, 3.05) is 37.3 Å². The first-order chi connectivity index (χ1) is 9.58. The summed E-state index contributed by atoms with van der Waals surface area (Å²) in [6.07, 6.45) is 4.11. The lowest BCUT2D eigenvalue weighted by Gasteiger charge is -2.23. The van der Waals surface area contributed by atoms with Gasteiger partial charge < -0.3 is 15.5 Å². The Balaban J connectivity index is 2.50. The Labute approximate surface area is 123 Å². The van der Waals surface area contributed by atoms with Crippen molar-refractivity contribution in [2.24, 2.45) is 0 Å². The summed E-state index contributed by atoms with van der Waals surface area (Å²) < 4.78 is 0. The number of aryl methyl sites for hydroxylation is 1. The summed E-state index contributed by atoms with van der Waals surface area (Å²) in [5.74, 6) is 1.63. The highest BCUT2D eigenvalue weighted by Gasteiger charge is 2.07. The van der Waals surface area contributed by atoms with E-state index in [0.29, 0.717) is 12.0 Å². The Morgan fingerprint density at radius 3 is 2.65 bits per heavy atom. The summed E-state index contributed by atoms with van der Waals surface area (Å²) in [5.41, 5.74) is 1.08. The van der Waals surface area contributed by atoms with Gasteiger partial charge in [0.25, 0.3) is 0 Å². The van der Waals surface area contributed by atoms with Gasteiger partial charge in [-0.25, -0.2) is 4.98 Å². The minimum atomic E-state index is 0.616. The number of likely N-dealkylation sites (N-methyl/N-ethyl adjacent to an activating group) is 1. The minimum absolute atomic E-state index is 0.616. The fourth-order valence-electron chi connectivity index (χ4n) is 1.83. The molecular formula is C15H29N5. The topological polar surface area (TPSA) is 53.1 Å². The number of hydrogen-bond donors (Lipinski definition) is 2. The molecule has 1 aromatic heterocycles. The normalized spacial score (nSPS) is 12.5. The van der Waals surface area contributed by atoms with Gasteiger partial charge in [-0.15, -0.1) is 0 Å². The van der Waals surface area contributed by atoms with Crippen molar-refractivity contribution >= 4 is 11.8 Å². The van der Waals surface area contributed by atoms with Gasteiger partial charge in [-0.05, 0) is 33.7 Å². The number of nitrogens with one attached hydrogen (secondary N) is 2. The molecule has 114 valence electrons. The van der Waals surface area contributed by atoms with Gasteiger partial charge in [0.05, 0.1) is 0 Å². The van der Waals surface area contributed by atoms with Gasteiger partial charge in [-0.1, -0.05) is 13.8 Å². The van der Waals surface area contributed by atoms with Crippen molar-refractivity contribution in [3.05, 3.63) is 11.8 Å². The average molecular weight is 279 g/mol. The summed E-state index contributed by atoms with van der Waals surface area (Å²) in [4.78, 5) is 11.2. The van der Waals surface area contributed by atoms with Crippen LogP contribution in [0.5, 0.6) is 0 Å². The number of nitrogens with zero attached hydrogens (tertiary/aromatic N) is 3. The smallest absolute Gasteiger partial charge is 0.224 e. The number of anilines is 2. The van der Waals surface area contributed by atoms with Crippen molar-refractivity contribution in [2.45, 2.75) is 46.6 Å². The van der Waals surface area contributed by atoms with Crippen molar-refractivity contribution in [1.82, 2.24) is 14.9 Å². The number of aromatic nitrogens is 2. The van der Waals surface area contributed by atoms with Crippen molar-refractivity contribution in [1.29, 1.82) is 0 Å². The van der Waals surface area contributed by atoms with E-state index in [4.69, 9.17) is 0 Å². The highest BCUT2D eigenvalue weighted by atomic mass is 15.2. The van der Waals surface area contributed by atoms with E-state index < -0.39 is 0 Å². The summed E-state index contributed by atoms with van der Waals surface area (Å²) in [6, 6.07) is 0.616. The zero-order chi connectivity index (χ0) is 15.0. The maximum atomic E-state index is 4.52. The quantitative estimate of drug-likeness (QED) is 0.728. The molecule has 1 aromatic rings. The minimum Gasteiger partial charge on any atom is -0.368 e. The first kappa shape index (κ1) is 16.7. The standard InChI is InChI=1S/C15H29N5/c1-6-8-17-15-18-11-12(3)14(19-15)16-9-10-20(5)13(4)7-2/h11,13H,6-10H2,1-5H3,(H2,16,17,18,19). The largest absolute Gasteiger partial charge is 0.368 e. The molecule has 1 unspecified atom stereocenters. The molecule has 0 amide bonds. The second kappa shape index (κ2) is 8.74. The molecule has 0 saturated carbocycles. The van der Waals surface area contributed by atoms with E-state index in [1.54, 1.807) is 0 Å². The van der Waals surface area contributed by atoms with Gasteiger partial charge in [-0.3, -0.25) is 0 Å². The highest BCUT2D eigenvalue weighted by Crippen LogP contribution is 2.12. The van der Waals surface area contributed by atoms with Gasteiger partial charge in [-0.2, -0.15) is 4.98 Å². The van der Waals surface area contributed by atoms with Crippen molar-refractivity contribution in [3.8, 4) is 0 Å². The SMILES string of the molecule is CCCNc1ncc(C)c(NCCN(C)C(C)CC)n1. The molecule has 1 atom stereocenters. The first-order valence-corrected chi connectivity index (χ1v) is 7.60. The van der Waals surface area contributed by atoms with Crippen LogP contribution in [-0.4, -0.2) is 47.6 Å². The third-order valence-corrected chi connectivity index (χ3v) is 3.61. The molecule has 0 aliphatic carbocycles. The van der Waals surface area contributed by atoms with E-state index in [1.165, 1.54) is 6.42 Å². The zero-order valence-electron chi connectivity index (χ0n) is 13.5. The Hall–Kier alpha value is -1.36. The fourth-order valence-corrected chi connectivity index (χ4v) is 1.83. The predicted octanol–water partition coefficient (Wildman–Crippen LogP) is 2.75. The molecule has 0 bridgehead atoms. The Morgan fingerprint density at radius 2 is 2.00 bits per heavy atom. The summed E-state index contributed by atoms with van der Waals surface area (Å²) in [6.45, 7) is 11.4. The van der Waals surface area contributed by atoms with Crippen LogP contribution in [0, 0.1) is 6.92 Å². The molecule has 0 aliphatic heterocycles. The molecule has 0 fully saturated rings. The van der Waals surface area contributed by atoms with Crippen LogP contribution in [0.2, 0.25) is 0 Å². The molecule has 0 radical (unpaired) electrons. The van der Waals surface area contributed by atoms with Crippen LogP contribution >= 0.6 is 0 Å². The van der Waals surface area contributed by atoms with Crippen LogP contribution < -0.4 is 10.6 Å². The molecule has 5 nitrogen and oxygen atoms in total. The third kappa shape index (κ3) is 5.33. The van der Waals surface area contributed by atoms with E-state index >= 15 is 0 Å². The van der Waals surface area contributed by atoms with Crippen LogP contribution in [0.3, 0.4) is 0 Å². The highest BCUT2D eigenvalue weighted by molar-refractivity contribution is 5.46. The maximum Gasteiger partial charge on any atom is 0.224 e. The summed E-state index contributed by atoms with van der Waals surface area (Å²) in [7, 11) is 2.16. The molecule has 2 N–H and O–H groups in total. The van der Waals surface area contributed by atoms with Crippen LogP contribution in [0.25, 0.3) is 0 Å². The third-order valence-electron chi connectivity index (χ3n) is 3.61. The summed E-state index contributed by atoms with van der Waals surface area (Å²) in [5, 5.41) is 6.62. The average Bonchev–Trinajstić information content (AvgIpc) is 2.46. The monoisotopic (exact) mass is 279 g/mol. The first-order valence-electron chi connectivity index (χ1n) is 7.60. The van der Waals surface area contributed by atoms with Crippen LogP contribution in [-0.2, 0) is 0 Å². The van der Waals surface area contributed by atoms with Crippen LogP contribution in [0.4, 0.5) is 11.8 Å². The van der Waals surface area contributed by atoms with Crippen LogP contribution in [0.15, 0.2) is 6.20 Å². The predicted molar refractivity (Wildman–Crippen MR) is 86.4 cm³/mol. The number of rotatable bonds is 9. The molecule has 5 heteroatoms. The zero-order valence-corrected chi connectivity index (χ0v) is 13.5. The Morgan fingerprint density at radius 1 is 1.25 bits per heavy atom. The second-order valence-corrected chi connectivity index (χ2v) is 5.32. The van der Waals surface area contributed by atoms with Gasteiger partial charge >= 0.3 is 0 Å². The summed E-state index contributed by atoms with van der Waals surface area (Å²) >= 11 is 0. The molecule has 20 heavy (non-hydrogen) atoms. The molecule has 0 spiro atoms. The second-order valence-electron chi connectivity index (χ2n) is 5.32. The Bertz CT molecular complexity index is 394. The molecular weight excluding hydrogens is 250 g/mol. The van der Waals surface area contributed by atoms with Crippen LogP contribution in [0.1, 0.15) is 39.2 Å². The molecule has 0 aromatic carbocycles. The molecule has 0 saturated heterocycles. The Kier molecular flexibility index (Phi) is 7.30. The molecule has 1 heterocycles. The molecule has 1 rings (SSSR count). The number of hydrogen-bond acceptors (Lipinski definition) is 5. The lowest BCUT2D eigenvalue weighted by molar-refractivity contribution is 0.261. The lowest BCUT2D eigenvalue weighted by atomic mass is 10.2. The molecule has 0 aliphatic rings. The van der Waals surface area contributed by atoms with Gasteiger partial charge in [0.1, 0.15) is 5.82 Å². The van der Waals surface area contributed by atoms with E-state index in [1.807, 2.05) is 13.1 Å². The maximum absolute atomic E-state index is 4.52. The van der Waals surface area contributed by atoms with Crippen molar-refractivity contribution in [3.63, 3.8) is 0 Å². The van der Waals surface area contributed by atoms with Gasteiger partial charge in [0.15, 0.2) is 0 Å². The van der Waals surface area contributed by atoms with E-state index in [2.05, 4.69) is 53.3 Å². The van der Waals surface area contributed by atoms with Gasteiger partial charge in [0.2, 0.25) is 5.95 Å². The fraction of sp³-hybridized carbons (Fsp3) is 0.733. The lowest BCUT2D eigenvalue weighted by Crippen LogP contribution is -2.32. The van der Waals surface area contributed by atoms with E-state index in [0.717, 1.165) is 37.4 Å².